The number of aromatic nitrogens is 3. The normalized spacial score (nSPS) is 11.3. The summed E-state index contributed by atoms with van der Waals surface area (Å²) >= 11 is 0. The maximum absolute atomic E-state index is 5.62. The zero-order chi connectivity index (χ0) is 24.2. The molecule has 0 N–H and O–H groups in total. The average molecular weight is 553 g/mol. The van der Waals surface area contributed by atoms with Gasteiger partial charge in [-0.2, -0.15) is 29.3 Å². The van der Waals surface area contributed by atoms with Gasteiger partial charge in [0.25, 0.3) is 0 Å². The summed E-state index contributed by atoms with van der Waals surface area (Å²) in [7, 11) is 2.13. The Kier molecular flexibility index (Phi) is 6.02. The standard InChI is InChI=1S/C32H22N3O.Y/c1-21-12-13-23(22-14-16-26-24(18-22)15-17-28-31(26)36-20-33-28)19-27(21)32-34(2)29-10-6-7-11-30(29)35(32)25-8-4-3-5-9-25;/h3-17,20H,1-2H3;/q-1;. The van der Waals surface area contributed by atoms with E-state index < -0.39 is 0 Å². The number of hydrogen-bond acceptors (Lipinski definition) is 2. The Labute approximate surface area is 240 Å². The molecule has 175 valence electrons. The van der Waals surface area contributed by atoms with Crippen LogP contribution in [0.2, 0.25) is 0 Å². The first kappa shape index (κ1) is 23.8. The monoisotopic (exact) mass is 553 g/mol. The first-order valence-corrected chi connectivity index (χ1v) is 12.0. The van der Waals surface area contributed by atoms with Gasteiger partial charge in [0.05, 0.1) is 12.6 Å². The van der Waals surface area contributed by atoms with Gasteiger partial charge in [-0.1, -0.05) is 43.3 Å². The Hall–Kier alpha value is -3.60. The molecule has 0 aliphatic rings. The Bertz CT molecular complexity index is 1920. The minimum atomic E-state index is 0. The van der Waals surface area contributed by atoms with Gasteiger partial charge in [0.1, 0.15) is 11.3 Å². The molecule has 5 aromatic carbocycles. The molecular weight excluding hydrogens is 531 g/mol. The van der Waals surface area contributed by atoms with E-state index in [-0.39, 0.29) is 32.7 Å². The van der Waals surface area contributed by atoms with Gasteiger partial charge in [0, 0.05) is 32.7 Å². The molecule has 0 fully saturated rings. The van der Waals surface area contributed by atoms with Crippen molar-refractivity contribution >= 4 is 32.9 Å². The van der Waals surface area contributed by atoms with Crippen molar-refractivity contribution < 1.29 is 41.7 Å². The van der Waals surface area contributed by atoms with Crippen LogP contribution in [-0.2, 0) is 39.8 Å². The van der Waals surface area contributed by atoms with Crippen LogP contribution in [-0.4, -0.2) is 9.55 Å². The maximum atomic E-state index is 5.62. The van der Waals surface area contributed by atoms with E-state index in [0.29, 0.717) is 0 Å². The van der Waals surface area contributed by atoms with Crippen molar-refractivity contribution in [1.29, 1.82) is 0 Å². The predicted octanol–water partition coefficient (Wildman–Crippen LogP) is 6.99. The van der Waals surface area contributed by atoms with E-state index >= 15 is 0 Å². The number of nitrogens with zero attached hydrogens (tertiary/aromatic N) is 3. The van der Waals surface area contributed by atoms with Crippen molar-refractivity contribution in [2.75, 3.05) is 0 Å². The van der Waals surface area contributed by atoms with Crippen LogP contribution in [0.3, 0.4) is 0 Å². The van der Waals surface area contributed by atoms with Gasteiger partial charge in [-0.3, -0.25) is 4.57 Å². The van der Waals surface area contributed by atoms with Gasteiger partial charge in [0.15, 0.2) is 17.4 Å². The summed E-state index contributed by atoms with van der Waals surface area (Å²) in [5.41, 5.74) is 9.32. The molecule has 2 heterocycles. The van der Waals surface area contributed by atoms with Crippen molar-refractivity contribution in [3.05, 3.63) is 115 Å². The van der Waals surface area contributed by atoms with E-state index in [4.69, 9.17) is 4.42 Å². The van der Waals surface area contributed by atoms with Crippen LogP contribution in [0.1, 0.15) is 5.56 Å². The van der Waals surface area contributed by atoms with Crippen molar-refractivity contribution in [1.82, 2.24) is 9.55 Å². The van der Waals surface area contributed by atoms with Gasteiger partial charge in [0.2, 0.25) is 5.82 Å². The molecule has 0 aliphatic heterocycles. The second-order valence-electron chi connectivity index (χ2n) is 9.07. The van der Waals surface area contributed by atoms with Crippen LogP contribution < -0.4 is 4.57 Å². The molecule has 0 bridgehead atoms. The largest absolute Gasteiger partial charge is 0.451 e. The van der Waals surface area contributed by atoms with Crippen LogP contribution in [0, 0.1) is 19.1 Å². The Morgan fingerprint density at radius 2 is 1.57 bits per heavy atom. The molecule has 2 aromatic heterocycles. The minimum Gasteiger partial charge on any atom is -0.451 e. The van der Waals surface area contributed by atoms with Gasteiger partial charge in [-0.05, 0) is 35.2 Å². The molecule has 5 heteroatoms. The number of aryl methyl sites for hydroxylation is 2. The number of hydrogen-bond donors (Lipinski definition) is 0. The molecule has 7 aromatic rings. The zero-order valence-corrected chi connectivity index (χ0v) is 23.4. The van der Waals surface area contributed by atoms with Crippen molar-refractivity contribution in [2.45, 2.75) is 6.92 Å². The van der Waals surface area contributed by atoms with Gasteiger partial charge < -0.3 is 4.42 Å². The van der Waals surface area contributed by atoms with Gasteiger partial charge >= 0.3 is 0 Å². The molecule has 0 saturated carbocycles. The minimum absolute atomic E-state index is 0. The van der Waals surface area contributed by atoms with E-state index in [1.54, 1.807) is 0 Å². The smallest absolute Gasteiger partial charge is 0.229 e. The van der Waals surface area contributed by atoms with Crippen molar-refractivity contribution in [3.8, 4) is 28.2 Å². The van der Waals surface area contributed by atoms with Crippen molar-refractivity contribution in [3.63, 3.8) is 0 Å². The third-order valence-electron chi connectivity index (χ3n) is 6.92. The fourth-order valence-corrected chi connectivity index (χ4v) is 5.12. The molecule has 1 radical (unpaired) electrons. The molecular formula is C32H22N3OY-. The summed E-state index contributed by atoms with van der Waals surface area (Å²) in [6.45, 7) is 2.15. The number of oxazole rings is 1. The third kappa shape index (κ3) is 3.83. The summed E-state index contributed by atoms with van der Waals surface area (Å²) < 4.78 is 10.2. The summed E-state index contributed by atoms with van der Waals surface area (Å²) in [5, 5.41) is 2.01. The zero-order valence-electron chi connectivity index (χ0n) is 20.6. The fourth-order valence-electron chi connectivity index (χ4n) is 5.12. The van der Waals surface area contributed by atoms with Crippen LogP contribution in [0.4, 0.5) is 0 Å². The number of benzene rings is 5. The van der Waals surface area contributed by atoms with E-state index in [0.717, 1.165) is 55.6 Å². The Balaban J connectivity index is 0.00000252. The summed E-state index contributed by atoms with van der Waals surface area (Å²) in [6, 6.07) is 38.8. The van der Waals surface area contributed by atoms with Crippen LogP contribution in [0.5, 0.6) is 0 Å². The molecule has 7 rings (SSSR count). The fraction of sp³-hybridized carbons (Fsp3) is 0.0625. The molecule has 4 nitrogen and oxygen atoms in total. The first-order valence-electron chi connectivity index (χ1n) is 12.0. The van der Waals surface area contributed by atoms with E-state index in [9.17, 15) is 0 Å². The Morgan fingerprint density at radius 1 is 0.811 bits per heavy atom. The summed E-state index contributed by atoms with van der Waals surface area (Å²) in [5.74, 6) is 1.09. The maximum Gasteiger partial charge on any atom is 0.229 e. The molecule has 0 atom stereocenters. The van der Waals surface area contributed by atoms with E-state index in [1.165, 1.54) is 17.5 Å². The quantitative estimate of drug-likeness (QED) is 0.175. The molecule has 0 saturated heterocycles. The molecule has 0 aliphatic carbocycles. The number of fused-ring (bicyclic) bond motifs is 4. The molecule has 0 amide bonds. The first-order chi connectivity index (χ1) is 17.7. The Morgan fingerprint density at radius 3 is 2.43 bits per heavy atom. The number of rotatable bonds is 3. The second-order valence-corrected chi connectivity index (χ2v) is 9.07. The second kappa shape index (κ2) is 9.37. The van der Waals surface area contributed by atoms with Crippen LogP contribution in [0.25, 0.3) is 61.1 Å². The molecule has 0 spiro atoms. The number of para-hydroxylation sites is 3. The summed E-state index contributed by atoms with van der Waals surface area (Å²) in [4.78, 5) is 4.27. The number of imidazole rings is 1. The van der Waals surface area contributed by atoms with Crippen LogP contribution >= 0.6 is 0 Å². The topological polar surface area (TPSA) is 34.8 Å². The predicted molar refractivity (Wildman–Crippen MR) is 143 cm³/mol. The van der Waals surface area contributed by atoms with Crippen LogP contribution in [0.15, 0.2) is 102 Å². The van der Waals surface area contributed by atoms with E-state index in [1.807, 2.05) is 12.1 Å². The molecule has 0 unspecified atom stereocenters. The van der Waals surface area contributed by atoms with Gasteiger partial charge in [-0.15, -0.1) is 35.2 Å². The average Bonchev–Trinajstić information content (AvgIpc) is 3.52. The van der Waals surface area contributed by atoms with E-state index in [2.05, 4.69) is 119 Å². The SMILES string of the molecule is Cc1ccc(-c2[c-]c3ccc4ncoc4c3cc2)[c-]c1-c1n(-c2ccccc2)c2ccccc2[n+]1C.[Y]. The van der Waals surface area contributed by atoms with Gasteiger partial charge in [-0.25, -0.2) is 9.55 Å². The third-order valence-corrected chi connectivity index (χ3v) is 6.92. The summed E-state index contributed by atoms with van der Waals surface area (Å²) in [6.07, 6.45) is 1.49. The van der Waals surface area contributed by atoms with Crippen molar-refractivity contribution in [2.24, 2.45) is 7.05 Å². The molecule has 37 heavy (non-hydrogen) atoms.